The standard InChI is InChI=1S/C21H20F3N7/c1-13(2)31-12-27-17-18(26-11-14-4-3-9-25-10-14)29-20(30-19(17)31)28-16-7-5-15(6-8-16)21(22,23)24/h3-10,12-13H,11H2,1-2H3,(H2,26,28,29,30). The maximum Gasteiger partial charge on any atom is 0.416 e. The maximum atomic E-state index is 12.8. The van der Waals surface area contributed by atoms with Crippen LogP contribution in [0, 0.1) is 0 Å². The molecule has 0 fully saturated rings. The monoisotopic (exact) mass is 427 g/mol. The number of hydrogen-bond donors (Lipinski definition) is 2. The number of alkyl halides is 3. The normalized spacial score (nSPS) is 11.8. The van der Waals surface area contributed by atoms with Crippen LogP contribution in [-0.4, -0.2) is 24.5 Å². The van der Waals surface area contributed by atoms with Crippen molar-refractivity contribution in [1.29, 1.82) is 0 Å². The van der Waals surface area contributed by atoms with E-state index in [-0.39, 0.29) is 12.0 Å². The Kier molecular flexibility index (Phi) is 5.45. The second kappa shape index (κ2) is 8.21. The van der Waals surface area contributed by atoms with E-state index in [0.29, 0.717) is 29.2 Å². The predicted molar refractivity (Wildman–Crippen MR) is 112 cm³/mol. The number of imidazole rings is 1. The highest BCUT2D eigenvalue weighted by molar-refractivity contribution is 5.84. The minimum absolute atomic E-state index is 0.116. The van der Waals surface area contributed by atoms with Crippen LogP contribution in [0.5, 0.6) is 0 Å². The van der Waals surface area contributed by atoms with Crippen LogP contribution in [0.15, 0.2) is 55.1 Å². The Morgan fingerprint density at radius 2 is 1.84 bits per heavy atom. The van der Waals surface area contributed by atoms with Crippen molar-refractivity contribution in [2.24, 2.45) is 0 Å². The molecule has 4 rings (SSSR count). The van der Waals surface area contributed by atoms with Crippen molar-refractivity contribution >= 4 is 28.6 Å². The first-order valence-electron chi connectivity index (χ1n) is 9.63. The first-order chi connectivity index (χ1) is 14.8. The summed E-state index contributed by atoms with van der Waals surface area (Å²) in [5.41, 5.74) is 1.92. The fourth-order valence-electron chi connectivity index (χ4n) is 3.03. The molecule has 0 bridgehead atoms. The number of nitrogens with one attached hydrogen (secondary N) is 2. The third-order valence-corrected chi connectivity index (χ3v) is 4.63. The highest BCUT2D eigenvalue weighted by atomic mass is 19.4. The van der Waals surface area contributed by atoms with Crippen LogP contribution < -0.4 is 10.6 Å². The lowest BCUT2D eigenvalue weighted by Gasteiger charge is -2.13. The van der Waals surface area contributed by atoms with Gasteiger partial charge in [-0.25, -0.2) is 4.98 Å². The molecule has 3 aromatic heterocycles. The molecule has 0 spiro atoms. The molecule has 0 saturated carbocycles. The molecule has 0 aliphatic heterocycles. The van der Waals surface area contributed by atoms with Gasteiger partial charge in [0.2, 0.25) is 5.95 Å². The van der Waals surface area contributed by atoms with Gasteiger partial charge in [0.25, 0.3) is 0 Å². The number of aromatic nitrogens is 5. The van der Waals surface area contributed by atoms with Gasteiger partial charge in [-0.15, -0.1) is 0 Å². The van der Waals surface area contributed by atoms with Crippen molar-refractivity contribution in [1.82, 2.24) is 24.5 Å². The van der Waals surface area contributed by atoms with E-state index in [1.54, 1.807) is 18.7 Å². The zero-order valence-corrected chi connectivity index (χ0v) is 16.9. The minimum atomic E-state index is -4.39. The van der Waals surface area contributed by atoms with E-state index in [0.717, 1.165) is 17.7 Å². The lowest BCUT2D eigenvalue weighted by molar-refractivity contribution is -0.137. The minimum Gasteiger partial charge on any atom is -0.364 e. The first-order valence-corrected chi connectivity index (χ1v) is 9.63. The molecule has 0 radical (unpaired) electrons. The molecule has 0 aliphatic rings. The number of benzene rings is 1. The van der Waals surface area contributed by atoms with Crippen molar-refractivity contribution < 1.29 is 13.2 Å². The van der Waals surface area contributed by atoms with E-state index < -0.39 is 11.7 Å². The second-order valence-corrected chi connectivity index (χ2v) is 7.23. The van der Waals surface area contributed by atoms with Gasteiger partial charge in [0, 0.05) is 30.7 Å². The molecule has 4 aromatic rings. The zero-order chi connectivity index (χ0) is 22.0. The molecule has 160 valence electrons. The molecule has 1 aromatic carbocycles. The number of nitrogens with zero attached hydrogens (tertiary/aromatic N) is 5. The number of pyridine rings is 1. The Balaban J connectivity index is 1.67. The summed E-state index contributed by atoms with van der Waals surface area (Å²) in [6.07, 6.45) is 0.754. The van der Waals surface area contributed by atoms with Gasteiger partial charge in [0.15, 0.2) is 17.0 Å². The predicted octanol–water partition coefficient (Wildman–Crippen LogP) is 5.18. The molecule has 31 heavy (non-hydrogen) atoms. The van der Waals surface area contributed by atoms with E-state index in [4.69, 9.17) is 0 Å². The summed E-state index contributed by atoms with van der Waals surface area (Å²) in [5, 5.41) is 6.24. The molecule has 0 amide bonds. The molecule has 0 atom stereocenters. The van der Waals surface area contributed by atoms with Crippen LogP contribution in [0.3, 0.4) is 0 Å². The van der Waals surface area contributed by atoms with Crippen molar-refractivity contribution in [3.8, 4) is 0 Å². The van der Waals surface area contributed by atoms with Crippen LogP contribution in [0.25, 0.3) is 11.2 Å². The molecule has 0 saturated heterocycles. The van der Waals surface area contributed by atoms with Crippen molar-refractivity contribution in [2.45, 2.75) is 32.6 Å². The third kappa shape index (κ3) is 4.57. The fraction of sp³-hybridized carbons (Fsp3) is 0.238. The smallest absolute Gasteiger partial charge is 0.364 e. The van der Waals surface area contributed by atoms with Crippen molar-refractivity contribution in [2.75, 3.05) is 10.6 Å². The van der Waals surface area contributed by atoms with E-state index >= 15 is 0 Å². The SMILES string of the molecule is CC(C)n1cnc2c(NCc3cccnc3)nc(Nc3ccc(C(F)(F)F)cc3)nc21. The van der Waals surface area contributed by atoms with Gasteiger partial charge < -0.3 is 15.2 Å². The Morgan fingerprint density at radius 1 is 1.06 bits per heavy atom. The highest BCUT2D eigenvalue weighted by Gasteiger charge is 2.30. The van der Waals surface area contributed by atoms with Gasteiger partial charge >= 0.3 is 6.18 Å². The lowest BCUT2D eigenvalue weighted by atomic mass is 10.2. The fourth-order valence-corrected chi connectivity index (χ4v) is 3.03. The summed E-state index contributed by atoms with van der Waals surface area (Å²) in [7, 11) is 0. The molecule has 2 N–H and O–H groups in total. The highest BCUT2D eigenvalue weighted by Crippen LogP contribution is 2.30. The number of hydrogen-bond acceptors (Lipinski definition) is 6. The van der Waals surface area contributed by atoms with E-state index in [2.05, 4.69) is 30.6 Å². The summed E-state index contributed by atoms with van der Waals surface area (Å²) in [6, 6.07) is 8.62. The Hall–Kier alpha value is -3.69. The third-order valence-electron chi connectivity index (χ3n) is 4.63. The van der Waals surface area contributed by atoms with E-state index in [1.807, 2.05) is 30.5 Å². The molecule has 0 unspecified atom stereocenters. The van der Waals surface area contributed by atoms with Crippen molar-refractivity contribution in [3.63, 3.8) is 0 Å². The quantitative estimate of drug-likeness (QED) is 0.442. The van der Waals surface area contributed by atoms with E-state index in [1.165, 1.54) is 12.1 Å². The second-order valence-electron chi connectivity index (χ2n) is 7.23. The largest absolute Gasteiger partial charge is 0.416 e. The number of fused-ring (bicyclic) bond motifs is 1. The topological polar surface area (TPSA) is 80.5 Å². The van der Waals surface area contributed by atoms with Crippen molar-refractivity contribution in [3.05, 3.63) is 66.2 Å². The van der Waals surface area contributed by atoms with Gasteiger partial charge in [-0.2, -0.15) is 23.1 Å². The van der Waals surface area contributed by atoms with Crippen LogP contribution >= 0.6 is 0 Å². The summed E-state index contributed by atoms with van der Waals surface area (Å²) >= 11 is 0. The summed E-state index contributed by atoms with van der Waals surface area (Å²) < 4.78 is 40.4. The molecule has 3 heterocycles. The lowest BCUT2D eigenvalue weighted by Crippen LogP contribution is -2.08. The van der Waals surface area contributed by atoms with Gasteiger partial charge in [-0.05, 0) is 49.7 Å². The molecule has 7 nitrogen and oxygen atoms in total. The maximum absolute atomic E-state index is 12.8. The van der Waals surface area contributed by atoms with Gasteiger partial charge in [-0.3, -0.25) is 4.98 Å². The van der Waals surface area contributed by atoms with Crippen LogP contribution in [-0.2, 0) is 12.7 Å². The van der Waals surface area contributed by atoms with Crippen LogP contribution in [0.2, 0.25) is 0 Å². The Labute approximate surface area is 176 Å². The first kappa shape index (κ1) is 20.6. The van der Waals surface area contributed by atoms with Crippen LogP contribution in [0.1, 0.15) is 31.0 Å². The van der Waals surface area contributed by atoms with Gasteiger partial charge in [0.05, 0.1) is 11.9 Å². The zero-order valence-electron chi connectivity index (χ0n) is 16.9. The summed E-state index contributed by atoms with van der Waals surface area (Å²) in [4.78, 5) is 17.6. The average molecular weight is 427 g/mol. The Bertz CT molecular complexity index is 1170. The summed E-state index contributed by atoms with van der Waals surface area (Å²) in [6.45, 7) is 4.50. The van der Waals surface area contributed by atoms with Gasteiger partial charge in [-0.1, -0.05) is 6.07 Å². The number of rotatable bonds is 6. The summed E-state index contributed by atoms with van der Waals surface area (Å²) in [5.74, 6) is 0.769. The number of anilines is 3. The number of halogens is 3. The molecular formula is C21H20F3N7. The Morgan fingerprint density at radius 3 is 2.48 bits per heavy atom. The van der Waals surface area contributed by atoms with Gasteiger partial charge in [0.1, 0.15) is 0 Å². The van der Waals surface area contributed by atoms with Crippen LogP contribution in [0.4, 0.5) is 30.6 Å². The average Bonchev–Trinajstić information content (AvgIpc) is 3.17. The molecule has 10 heteroatoms. The molecule has 0 aliphatic carbocycles. The van der Waals surface area contributed by atoms with E-state index in [9.17, 15) is 13.2 Å². The molecular weight excluding hydrogens is 407 g/mol.